The van der Waals surface area contributed by atoms with Crippen molar-refractivity contribution in [1.29, 1.82) is 0 Å². The largest absolute Gasteiger partial charge is 0.412 e. The van der Waals surface area contributed by atoms with Gasteiger partial charge in [-0.2, -0.15) is 0 Å². The van der Waals surface area contributed by atoms with Gasteiger partial charge in [0.2, 0.25) is 0 Å². The third-order valence-electron chi connectivity index (χ3n) is 1.08. The van der Waals surface area contributed by atoms with Gasteiger partial charge in [0, 0.05) is 0 Å². The van der Waals surface area contributed by atoms with Crippen molar-refractivity contribution < 1.29 is 11.0 Å². The lowest BCUT2D eigenvalue weighted by molar-refractivity contribution is 0.823. The van der Waals surface area contributed by atoms with Crippen LogP contribution >= 0.6 is 0 Å². The fraction of sp³-hybridized carbons (Fsp3) is 0.143. The van der Waals surface area contributed by atoms with E-state index in [-0.39, 0.29) is 11.0 Å². The number of hydrogen-bond donors (Lipinski definition) is 0. The highest BCUT2D eigenvalue weighted by Gasteiger charge is 1.79. The van der Waals surface area contributed by atoms with E-state index in [4.69, 9.17) is 7.85 Å². The van der Waals surface area contributed by atoms with Crippen LogP contribution in [0.25, 0.3) is 0 Å². The molecule has 0 atom stereocenters. The Kier molecular flexibility index (Phi) is 6.00. The van der Waals surface area contributed by atoms with Crippen molar-refractivity contribution in [3.63, 3.8) is 0 Å². The minimum atomic E-state index is 0. The molecule has 0 amide bonds. The van der Waals surface area contributed by atoms with Gasteiger partial charge in [-0.3, -0.25) is 0 Å². The van der Waals surface area contributed by atoms with Gasteiger partial charge in [-0.1, -0.05) is 35.3 Å². The van der Waals surface area contributed by atoms with Gasteiger partial charge in [0.25, 0.3) is 0 Å². The second-order valence-electron chi connectivity index (χ2n) is 1.91. The Labute approximate surface area is 61.9 Å². The number of hydrogen-bond acceptors (Lipinski definition) is 0. The fourth-order valence-corrected chi connectivity index (χ4v) is 0.566. The lowest BCUT2D eigenvalue weighted by Gasteiger charge is -1.90. The molecule has 1 aromatic carbocycles. The van der Waals surface area contributed by atoms with Crippen LogP contribution in [0.2, 0.25) is 0 Å². The van der Waals surface area contributed by atoms with Gasteiger partial charge in [-0.25, -0.2) is 0 Å². The summed E-state index contributed by atoms with van der Waals surface area (Å²) in [5, 5.41) is 0. The Balaban J connectivity index is 0. The molecule has 2 nitrogen and oxygen atoms in total. The SMILES string of the molecule is O.O.[B]c1ccc(C)cc1. The van der Waals surface area contributed by atoms with Gasteiger partial charge in [0.1, 0.15) is 7.85 Å². The lowest BCUT2D eigenvalue weighted by Crippen LogP contribution is -1.98. The molecule has 0 aromatic heterocycles. The smallest absolute Gasteiger partial charge is 0.113 e. The van der Waals surface area contributed by atoms with Crippen molar-refractivity contribution >= 4 is 13.3 Å². The predicted molar refractivity (Wildman–Crippen MR) is 43.8 cm³/mol. The topological polar surface area (TPSA) is 63.0 Å². The summed E-state index contributed by atoms with van der Waals surface area (Å²) in [4.78, 5) is 0. The minimum Gasteiger partial charge on any atom is -0.412 e. The molecule has 1 aromatic rings. The summed E-state index contributed by atoms with van der Waals surface area (Å²) in [6.07, 6.45) is 0. The molecular weight excluding hydrogens is 127 g/mol. The van der Waals surface area contributed by atoms with Crippen LogP contribution in [0, 0.1) is 6.92 Å². The van der Waals surface area contributed by atoms with Gasteiger partial charge in [-0.05, 0) is 6.92 Å². The van der Waals surface area contributed by atoms with Crippen LogP contribution in [-0.4, -0.2) is 18.8 Å². The van der Waals surface area contributed by atoms with E-state index in [1.807, 2.05) is 31.2 Å². The van der Waals surface area contributed by atoms with Crippen molar-refractivity contribution in [3.05, 3.63) is 29.8 Å². The van der Waals surface area contributed by atoms with Crippen molar-refractivity contribution in [1.82, 2.24) is 0 Å². The van der Waals surface area contributed by atoms with Crippen molar-refractivity contribution in [2.75, 3.05) is 0 Å². The maximum Gasteiger partial charge on any atom is 0.113 e. The molecule has 10 heavy (non-hydrogen) atoms. The average Bonchev–Trinajstić information content (AvgIpc) is 1.77. The van der Waals surface area contributed by atoms with Crippen molar-refractivity contribution in [2.45, 2.75) is 6.92 Å². The standard InChI is InChI=1S/C7H7B.2H2O/c1-6-2-4-7(8)5-3-6;;/h2-5H,1H3;2*1H2. The molecular formula is C7H11BO2. The molecule has 0 aliphatic carbocycles. The van der Waals surface area contributed by atoms with Crippen LogP contribution < -0.4 is 5.46 Å². The lowest BCUT2D eigenvalue weighted by atomic mass is 9.96. The second kappa shape index (κ2) is 5.03. The molecule has 0 unspecified atom stereocenters. The average molecular weight is 138 g/mol. The quantitative estimate of drug-likeness (QED) is 0.418. The van der Waals surface area contributed by atoms with Gasteiger partial charge in [0.05, 0.1) is 0 Å². The summed E-state index contributed by atoms with van der Waals surface area (Å²) in [5.74, 6) is 0. The molecule has 3 heteroatoms. The molecule has 0 saturated heterocycles. The number of benzene rings is 1. The van der Waals surface area contributed by atoms with E-state index in [9.17, 15) is 0 Å². The summed E-state index contributed by atoms with van der Waals surface area (Å²) in [6, 6.07) is 7.79. The second-order valence-corrected chi connectivity index (χ2v) is 1.91. The van der Waals surface area contributed by atoms with Crippen LogP contribution in [0.1, 0.15) is 5.56 Å². The highest BCUT2D eigenvalue weighted by Crippen LogP contribution is 1.90. The fourth-order valence-electron chi connectivity index (χ4n) is 0.566. The van der Waals surface area contributed by atoms with Crippen LogP contribution in [-0.2, 0) is 0 Å². The summed E-state index contributed by atoms with van der Waals surface area (Å²) in [5.41, 5.74) is 2.08. The first kappa shape index (κ1) is 11.9. The highest BCUT2D eigenvalue weighted by atomic mass is 16.0. The Morgan fingerprint density at radius 3 is 1.70 bits per heavy atom. The maximum absolute atomic E-state index is 5.43. The van der Waals surface area contributed by atoms with E-state index in [0.717, 1.165) is 5.46 Å². The monoisotopic (exact) mass is 138 g/mol. The van der Waals surface area contributed by atoms with E-state index in [0.29, 0.717) is 0 Å². The Morgan fingerprint density at radius 2 is 1.40 bits per heavy atom. The first-order valence-electron chi connectivity index (χ1n) is 2.61. The molecule has 0 spiro atoms. The van der Waals surface area contributed by atoms with Crippen LogP contribution in [0.3, 0.4) is 0 Å². The zero-order chi connectivity index (χ0) is 5.98. The van der Waals surface area contributed by atoms with E-state index in [2.05, 4.69) is 0 Å². The predicted octanol–water partition coefficient (Wildman–Crippen LogP) is -0.861. The van der Waals surface area contributed by atoms with Crippen molar-refractivity contribution in [2.24, 2.45) is 0 Å². The first-order valence-corrected chi connectivity index (χ1v) is 2.61. The summed E-state index contributed by atoms with van der Waals surface area (Å²) >= 11 is 0. The molecule has 0 aliphatic heterocycles. The van der Waals surface area contributed by atoms with E-state index in [1.165, 1.54) is 5.56 Å². The summed E-state index contributed by atoms with van der Waals surface area (Å²) < 4.78 is 0. The Morgan fingerprint density at radius 1 is 1.00 bits per heavy atom. The normalized spacial score (nSPS) is 7.30. The van der Waals surface area contributed by atoms with E-state index in [1.54, 1.807) is 0 Å². The molecule has 0 heterocycles. The molecule has 0 aliphatic rings. The molecule has 0 fully saturated rings. The third kappa shape index (κ3) is 3.27. The number of aryl methyl sites for hydroxylation is 1. The summed E-state index contributed by atoms with van der Waals surface area (Å²) in [7, 11) is 5.43. The molecule has 54 valence electrons. The Bertz CT molecular complexity index is 150. The van der Waals surface area contributed by atoms with Gasteiger partial charge >= 0.3 is 0 Å². The van der Waals surface area contributed by atoms with Crippen LogP contribution in [0.15, 0.2) is 24.3 Å². The van der Waals surface area contributed by atoms with Crippen molar-refractivity contribution in [3.8, 4) is 0 Å². The van der Waals surface area contributed by atoms with Gasteiger partial charge < -0.3 is 11.0 Å². The van der Waals surface area contributed by atoms with Gasteiger partial charge in [-0.15, -0.1) is 0 Å². The molecule has 4 N–H and O–H groups in total. The maximum atomic E-state index is 5.43. The molecule has 2 radical (unpaired) electrons. The zero-order valence-electron chi connectivity index (χ0n) is 5.89. The van der Waals surface area contributed by atoms with E-state index >= 15 is 0 Å². The third-order valence-corrected chi connectivity index (χ3v) is 1.08. The van der Waals surface area contributed by atoms with Crippen LogP contribution in [0.5, 0.6) is 0 Å². The molecule has 0 bridgehead atoms. The highest BCUT2D eigenvalue weighted by molar-refractivity contribution is 6.32. The first-order chi connectivity index (χ1) is 3.79. The van der Waals surface area contributed by atoms with Gasteiger partial charge in [0.15, 0.2) is 0 Å². The summed E-state index contributed by atoms with van der Waals surface area (Å²) in [6.45, 7) is 2.04. The minimum absolute atomic E-state index is 0. The zero-order valence-corrected chi connectivity index (χ0v) is 5.89. The van der Waals surface area contributed by atoms with E-state index < -0.39 is 0 Å². The molecule has 1 rings (SSSR count). The molecule has 0 saturated carbocycles. The Hall–Kier alpha value is -0.795. The van der Waals surface area contributed by atoms with Crippen LogP contribution in [0.4, 0.5) is 0 Å². The number of rotatable bonds is 0.